The molecule has 0 aromatic heterocycles. The first kappa shape index (κ1) is 160. The molecule has 880 valence electrons. The van der Waals surface area contributed by atoms with E-state index in [0.29, 0.717) is 5.41 Å². The van der Waals surface area contributed by atoms with Gasteiger partial charge in [-0.25, -0.2) is 0 Å². The Hall–Kier alpha value is 11.5. The summed E-state index contributed by atoms with van der Waals surface area (Å²) in [7, 11) is -245. The van der Waals surface area contributed by atoms with Crippen LogP contribution in [0.15, 0.2) is 0 Å². The zero-order valence-corrected chi connectivity index (χ0v) is 167. The molecule has 64 nitrogen and oxygen atoms in total. The Morgan fingerprint density at radius 3 is 0.589 bits per heavy atom. The van der Waals surface area contributed by atoms with Gasteiger partial charge >= 0.3 is 70.3 Å². The lowest BCUT2D eigenvalue weighted by atomic mass is 10.0. The molecule has 0 spiro atoms. The minimum Gasteiger partial charge on any atom is -0.442 e. The average Bonchev–Trinajstić information content (AvgIpc) is 0.609. The second-order valence-corrected chi connectivity index (χ2v) is 418. The molecule has 146 heavy (non-hydrogen) atoms. The monoisotopic (exact) mass is 3220 g/mol. The van der Waals surface area contributed by atoms with E-state index in [1.54, 1.807) is 0 Å². The predicted molar refractivity (Wildman–Crippen MR) is 696 cm³/mol. The highest BCUT2D eigenvalue weighted by Gasteiger charge is 3.09. The molecule has 0 bridgehead atoms. The molecular weight excluding hydrogens is 3050 g/mol. The summed E-state index contributed by atoms with van der Waals surface area (Å²) in [5.41, 5.74) is 0.500. The summed E-state index contributed by atoms with van der Waals surface area (Å²) in [5, 5.41) is 0. The van der Waals surface area contributed by atoms with Crippen LogP contribution in [-0.2, 0) is 95.0 Å². The smallest absolute Gasteiger partial charge is 0.338 e. The molecule has 129 heteroatoms. The fraction of sp³-hybridized carbons (Fsp3) is 1.00. The molecule has 0 saturated carbocycles. The van der Waals surface area contributed by atoms with Gasteiger partial charge in [0, 0.05) is 16.9 Å². The molecule has 0 aliphatic carbocycles. The van der Waals surface area contributed by atoms with Crippen molar-refractivity contribution in [1.82, 2.24) is 0 Å². The minimum atomic E-state index is -10.1. The zero-order valence-electron chi connectivity index (χ0n) is 85.1. The van der Waals surface area contributed by atoms with E-state index >= 15 is 9.59 Å². The van der Waals surface area contributed by atoms with E-state index in [9.17, 15) is 199 Å². The zero-order chi connectivity index (χ0) is 115. The van der Waals surface area contributed by atoms with E-state index < -0.39 is 562 Å². The van der Waals surface area contributed by atoms with Crippen molar-refractivity contribution in [2.75, 3.05) is 7.11 Å². The molecule has 0 aromatic rings. The van der Waals surface area contributed by atoms with E-state index in [2.05, 4.69) is 27.7 Å². The van der Waals surface area contributed by atoms with Crippen LogP contribution in [0.1, 0.15) is 27.7 Å². The Balaban J connectivity index is 0. The van der Waals surface area contributed by atoms with Gasteiger partial charge in [0.15, 0.2) is 174 Å². The van der Waals surface area contributed by atoms with E-state index in [1.807, 2.05) is 0 Å². The van der Waals surface area contributed by atoms with E-state index in [4.69, 9.17) is 82.6 Å². The van der Waals surface area contributed by atoms with E-state index in [-0.39, 0.29) is 0 Å². The first-order valence-corrected chi connectivity index (χ1v) is 208. The van der Waals surface area contributed by atoms with Crippen LogP contribution in [0.5, 0.6) is 0 Å². The lowest BCUT2D eigenvalue weighted by Gasteiger charge is -2.78. The third-order valence-electron chi connectivity index (χ3n) is 24.5. The van der Waals surface area contributed by atoms with Crippen LogP contribution in [0.4, 0.5) is 0 Å². The fourth-order valence-corrected chi connectivity index (χ4v) is 1350. The van der Waals surface area contributed by atoms with Crippen LogP contribution in [0.2, 0.25) is 72.0 Å². The molecule has 4 atom stereocenters. The van der Waals surface area contributed by atoms with Crippen molar-refractivity contribution in [3.63, 3.8) is 0 Å². The maximum Gasteiger partial charge on any atom is 0.338 e. The summed E-state index contributed by atoms with van der Waals surface area (Å²) >= 11 is 0. The Labute approximate surface area is 954 Å². The highest BCUT2D eigenvalue weighted by Crippen LogP contribution is 2.63. The van der Waals surface area contributed by atoms with Crippen LogP contribution >= 0.6 is 0 Å². The maximum atomic E-state index is 15.1. The first-order valence-electron chi connectivity index (χ1n) is 44.2. The van der Waals surface area contributed by atoms with Crippen molar-refractivity contribution < 1.29 is 292 Å². The highest BCUT2D eigenvalue weighted by atomic mass is 30.6. The van der Waals surface area contributed by atoms with Gasteiger partial charge in [0.1, 0.15) is 0 Å². The van der Waals surface area contributed by atoms with E-state index in [0.717, 1.165) is 59.5 Å². The standard InChI is InChI=1S/C12H156O64Si65.C5H12/c1-54-128(77,118(7,8)52)125(69-117(5,6)51,137(115-50,67-90-25)119(9,10)53)76-139(140(133(107-42,108-43)63-86-21,134(109-44,110-45)64-87-22)73-123(95-30,96-31)57-80-15,141(135(111-46,112-47)65-88-23,136(113-48,114-49)66-89-24)74-124(97-32,98-33)58-81-16)127(70-120(11,12)68-116(2,3)4,138(131(103-38,104-39)61-84-19,132(105-40,106-41)62-85-20)72-122(93-28,94-29)56-79-14)75-126(129(99-34,100-35)59-82-17,130(101-36,102-37)60-83-18)71-121(91-26,92-27)55-78-13;1-5(2,3)4/h13-53H,78-115H2,1-12,77H3;1-4H3. The number of rotatable bonds is 86. The molecule has 0 aromatic carbocycles. The van der Waals surface area contributed by atoms with Crippen LogP contribution < -0.4 is 0 Å². The summed E-state index contributed by atoms with van der Waals surface area (Å²) in [6, 6.07) is 0. The Kier molecular flexibility index (Phi) is 75.2. The Morgan fingerprint density at radius 2 is 0.411 bits per heavy atom. The fourth-order valence-electron chi connectivity index (χ4n) is 17.9. The Morgan fingerprint density at radius 1 is 0.199 bits per heavy atom. The molecular formula is C17H168O64Si65. The van der Waals surface area contributed by atoms with E-state index in [1.165, 1.54) is 19.6 Å². The third kappa shape index (κ3) is 32.2. The van der Waals surface area contributed by atoms with Gasteiger partial charge in [-0.15, -0.1) is 0 Å². The SMILES string of the molecule is CC(C)(C)C.CO[Si]([SiH3])([Si](C)(C)O)[Si](O[Si](C)(C)O)(O[Si]([Si](O[Si](C)(C)O[Si](C)(C)C)(O[Si](O[Si](O[SiH2]O)([SiH2]O)[SiH2]O)([Si](O[SiH2]O)([SiH2]O)[SiH2]O)[Si](O[SiH2]O)([SiH2]O)[SiH2]O)[Si](O[Si](O[SiH2]O)([SiH2]O)[SiH2]O)([Si](O[SiH2]O)([SiH2]O)[SiH2]O)[Si](O[SiH2]O)([SiH2]O)[SiH2]O)([Si](O[Si](O[SiH2]O)([SiH2]O)[SiH2]O)([Si](O[SiH2]O)([SiH2]O)[SiH2]O)[Si](O[SiH2]O)([SiH2]O)[SiH2]O)[Si](O[Si](O[SiH2]O)([SiH2]O)[SiH2]O)([Si](O[SiH2]O)([SiH2]O)[SiH2]O)[Si](O[SiH2]O)([SiH2]O)[SiH2]O)[Si](O[SiH2]O)([SiH2]O)[Si](C)(C)O. The van der Waals surface area contributed by atoms with Crippen molar-refractivity contribution in [2.45, 2.75) is 99.7 Å². The van der Waals surface area contributed by atoms with Gasteiger partial charge in [-0.3, -0.25) is 0 Å². The second kappa shape index (κ2) is 68.8. The summed E-state index contributed by atoms with van der Waals surface area (Å²) in [6.07, 6.45) is 0. The number of hydrogen-bond acceptors (Lipinski definition) is 64. The van der Waals surface area contributed by atoms with Crippen molar-refractivity contribution in [3.05, 3.63) is 0 Å². The normalized spacial score (nSPS) is 25.1. The van der Waals surface area contributed by atoms with Crippen LogP contribution in [0.3, 0.4) is 0 Å². The molecule has 0 rings (SSSR count). The topological polar surface area (TPSA) is 1040 Å². The second-order valence-electron chi connectivity index (χ2n) is 37.7. The quantitative estimate of drug-likeness (QED) is 0.0251. The van der Waals surface area contributed by atoms with Crippen molar-refractivity contribution >= 4 is 562 Å². The molecule has 0 radical (unpaired) electrons. The maximum absolute atomic E-state index is 15.1. The molecule has 4 unspecified atom stereocenters. The summed E-state index contributed by atoms with van der Waals surface area (Å²) in [4.78, 5) is 570. The van der Waals surface area contributed by atoms with Gasteiger partial charge in [0.05, 0.1) is 0 Å². The predicted octanol–water partition coefficient (Wildman–Crippen LogP) is -61.7. The third-order valence-corrected chi connectivity index (χ3v) is 740. The first-order chi connectivity index (χ1) is 67.7. The van der Waals surface area contributed by atoms with Gasteiger partial charge in [-0.1, -0.05) is 27.7 Å². The van der Waals surface area contributed by atoms with Gasteiger partial charge in [0.25, 0.3) is 164 Å². The minimum absolute atomic E-state index is 0.500. The summed E-state index contributed by atoms with van der Waals surface area (Å²) < 4.78 is 178. The van der Waals surface area contributed by atoms with Gasteiger partial charge < -0.3 is 292 Å². The van der Waals surface area contributed by atoms with Crippen molar-refractivity contribution in [1.29, 1.82) is 0 Å². The largest absolute Gasteiger partial charge is 0.442 e. The van der Waals surface area contributed by atoms with Gasteiger partial charge in [0.2, 0.25) is 144 Å². The molecule has 0 aliphatic rings. The van der Waals surface area contributed by atoms with Crippen LogP contribution in [0, 0.1) is 5.41 Å². The number of hydrogen-bond donors (Lipinski definition) is 41. The van der Waals surface area contributed by atoms with Crippen LogP contribution in [-0.4, -0.2) is 766 Å². The lowest BCUT2D eigenvalue weighted by molar-refractivity contribution is 0.288. The molecule has 0 amide bonds. The van der Waals surface area contributed by atoms with Gasteiger partial charge in [-0.05, 0) is 77.4 Å². The molecule has 0 fully saturated rings. The molecule has 0 heterocycles. The van der Waals surface area contributed by atoms with Crippen molar-refractivity contribution in [2.24, 2.45) is 5.41 Å². The van der Waals surface area contributed by atoms with Crippen molar-refractivity contribution in [3.8, 4) is 0 Å². The Bertz CT molecular complexity index is 3380. The molecule has 0 aliphatic heterocycles. The molecule has 41 N–H and O–H groups in total. The van der Waals surface area contributed by atoms with Crippen LogP contribution in [0.25, 0.3) is 0 Å². The lowest BCUT2D eigenvalue weighted by Crippen LogP contribution is -3.22. The highest BCUT2D eigenvalue weighted by molar-refractivity contribution is 8.35. The molecule has 0 saturated heterocycles. The summed E-state index contributed by atoms with van der Waals surface area (Å²) in [6.45, 7) is -88.0. The summed E-state index contributed by atoms with van der Waals surface area (Å²) in [5.74, 6) is 0. The average molecular weight is 3220 g/mol. The van der Waals surface area contributed by atoms with Gasteiger partial charge in [-0.2, -0.15) is 0 Å².